The second-order valence-electron chi connectivity index (χ2n) is 7.33. The van der Waals surface area contributed by atoms with Gasteiger partial charge in [0.25, 0.3) is 11.8 Å². The SMILES string of the molecule is CN(C)C(=O)[C@H](O)[C@@H](O)C(=O)N1CCC(c2ccc3ccccc3c2)CC1. The molecule has 0 radical (unpaired) electrons. The predicted octanol–water partition coefficient (Wildman–Crippen LogP) is 1.36. The van der Waals surface area contributed by atoms with Gasteiger partial charge >= 0.3 is 0 Å². The van der Waals surface area contributed by atoms with Gasteiger partial charge in [-0.2, -0.15) is 0 Å². The molecule has 1 saturated heterocycles. The number of aliphatic hydroxyl groups is 2. The molecule has 1 heterocycles. The Kier molecular flexibility index (Phi) is 5.77. The molecule has 0 unspecified atom stereocenters. The molecule has 2 aromatic carbocycles. The number of amides is 2. The lowest BCUT2D eigenvalue weighted by molar-refractivity contribution is -0.157. The molecule has 0 saturated carbocycles. The largest absolute Gasteiger partial charge is 0.380 e. The molecule has 27 heavy (non-hydrogen) atoms. The first kappa shape index (κ1) is 19.3. The maximum Gasteiger partial charge on any atom is 0.254 e. The lowest BCUT2D eigenvalue weighted by Gasteiger charge is -2.34. The molecule has 144 valence electrons. The summed E-state index contributed by atoms with van der Waals surface area (Å²) in [7, 11) is 2.94. The van der Waals surface area contributed by atoms with Crippen molar-refractivity contribution in [1.82, 2.24) is 9.80 Å². The van der Waals surface area contributed by atoms with Gasteiger partial charge in [-0.15, -0.1) is 0 Å². The number of piperidine rings is 1. The Morgan fingerprint density at radius 1 is 1.00 bits per heavy atom. The molecule has 3 rings (SSSR count). The van der Waals surface area contributed by atoms with Crippen LogP contribution in [0.4, 0.5) is 0 Å². The van der Waals surface area contributed by atoms with Gasteiger partial charge in [0, 0.05) is 27.2 Å². The van der Waals surface area contributed by atoms with E-state index >= 15 is 0 Å². The number of likely N-dealkylation sites (N-methyl/N-ethyl adjacent to an activating group) is 1. The third-order valence-electron chi connectivity index (χ3n) is 5.30. The standard InChI is InChI=1S/C21H26N2O4/c1-22(2)20(26)18(24)19(25)21(27)23-11-9-15(10-12-23)17-8-7-14-5-3-4-6-16(14)13-17/h3-8,13,15,18-19,24-25H,9-12H2,1-2H3/t18-,19-/m1/s1. The first-order valence-electron chi connectivity index (χ1n) is 9.23. The summed E-state index contributed by atoms with van der Waals surface area (Å²) < 4.78 is 0. The number of aliphatic hydroxyl groups excluding tert-OH is 2. The zero-order chi connectivity index (χ0) is 19.6. The lowest BCUT2D eigenvalue weighted by atomic mass is 9.88. The quantitative estimate of drug-likeness (QED) is 0.851. The molecule has 1 aliphatic heterocycles. The van der Waals surface area contributed by atoms with Gasteiger partial charge in [-0.25, -0.2) is 0 Å². The molecule has 1 fully saturated rings. The number of hydrogen-bond acceptors (Lipinski definition) is 4. The molecule has 2 amide bonds. The van der Waals surface area contributed by atoms with Crippen molar-refractivity contribution in [3.63, 3.8) is 0 Å². The number of rotatable bonds is 4. The van der Waals surface area contributed by atoms with Gasteiger partial charge in [0.05, 0.1) is 0 Å². The van der Waals surface area contributed by atoms with E-state index in [9.17, 15) is 19.8 Å². The topological polar surface area (TPSA) is 81.1 Å². The first-order chi connectivity index (χ1) is 12.9. The van der Waals surface area contributed by atoms with Gasteiger partial charge in [0.1, 0.15) is 0 Å². The van der Waals surface area contributed by atoms with Crippen LogP contribution in [0.1, 0.15) is 24.3 Å². The van der Waals surface area contributed by atoms with Gasteiger partial charge < -0.3 is 20.0 Å². The highest BCUT2D eigenvalue weighted by atomic mass is 16.3. The third-order valence-corrected chi connectivity index (χ3v) is 5.30. The highest BCUT2D eigenvalue weighted by Crippen LogP contribution is 2.30. The zero-order valence-corrected chi connectivity index (χ0v) is 15.7. The van der Waals surface area contributed by atoms with Gasteiger partial charge in [-0.05, 0) is 35.1 Å². The van der Waals surface area contributed by atoms with E-state index in [2.05, 4.69) is 30.3 Å². The van der Waals surface area contributed by atoms with E-state index in [-0.39, 0.29) is 0 Å². The van der Waals surface area contributed by atoms with Gasteiger partial charge in [0.2, 0.25) is 0 Å². The van der Waals surface area contributed by atoms with Crippen LogP contribution in [0.5, 0.6) is 0 Å². The summed E-state index contributed by atoms with van der Waals surface area (Å²) in [6, 6.07) is 14.7. The van der Waals surface area contributed by atoms with Crippen molar-refractivity contribution >= 4 is 22.6 Å². The van der Waals surface area contributed by atoms with Crippen LogP contribution >= 0.6 is 0 Å². The number of carbonyl (C=O) groups is 2. The molecule has 0 spiro atoms. The smallest absolute Gasteiger partial charge is 0.254 e. The molecular formula is C21H26N2O4. The fourth-order valence-corrected chi connectivity index (χ4v) is 3.62. The highest BCUT2D eigenvalue weighted by molar-refractivity contribution is 5.90. The number of hydrogen-bond donors (Lipinski definition) is 2. The van der Waals surface area contributed by atoms with Gasteiger partial charge in [-0.1, -0.05) is 42.5 Å². The Morgan fingerprint density at radius 2 is 1.63 bits per heavy atom. The summed E-state index contributed by atoms with van der Waals surface area (Å²) in [5, 5.41) is 22.4. The molecule has 0 aliphatic carbocycles. The average Bonchev–Trinajstić information content (AvgIpc) is 2.71. The van der Waals surface area contributed by atoms with Crippen LogP contribution in [0, 0.1) is 0 Å². The molecule has 2 aromatic rings. The molecule has 2 N–H and O–H groups in total. The lowest BCUT2D eigenvalue weighted by Crippen LogP contribution is -2.51. The zero-order valence-electron chi connectivity index (χ0n) is 15.7. The van der Waals surface area contributed by atoms with E-state index in [4.69, 9.17) is 0 Å². The minimum atomic E-state index is -1.73. The highest BCUT2D eigenvalue weighted by Gasteiger charge is 2.35. The summed E-state index contributed by atoms with van der Waals surface area (Å²) in [6.45, 7) is 0.993. The average molecular weight is 370 g/mol. The second kappa shape index (κ2) is 8.06. The van der Waals surface area contributed by atoms with Gasteiger partial charge in [-0.3, -0.25) is 9.59 Å². The number of likely N-dealkylation sites (tertiary alicyclic amines) is 1. The van der Waals surface area contributed by atoms with Gasteiger partial charge in [0.15, 0.2) is 12.2 Å². The monoisotopic (exact) mass is 370 g/mol. The minimum absolute atomic E-state index is 0.351. The number of fused-ring (bicyclic) bond motifs is 1. The van der Waals surface area contributed by atoms with E-state index < -0.39 is 24.0 Å². The number of carbonyl (C=O) groups excluding carboxylic acids is 2. The molecule has 2 atom stereocenters. The predicted molar refractivity (Wildman–Crippen MR) is 103 cm³/mol. The second-order valence-corrected chi connectivity index (χ2v) is 7.33. The van der Waals surface area contributed by atoms with Crippen molar-refractivity contribution < 1.29 is 19.8 Å². The van der Waals surface area contributed by atoms with E-state index in [0.717, 1.165) is 17.7 Å². The van der Waals surface area contributed by atoms with Crippen molar-refractivity contribution in [2.24, 2.45) is 0 Å². The van der Waals surface area contributed by atoms with Crippen LogP contribution in [0.2, 0.25) is 0 Å². The molecule has 6 nitrogen and oxygen atoms in total. The van der Waals surface area contributed by atoms with E-state index in [1.165, 1.54) is 35.3 Å². The van der Waals surface area contributed by atoms with Crippen molar-refractivity contribution in [2.75, 3.05) is 27.2 Å². The molecule has 1 aliphatic rings. The summed E-state index contributed by atoms with van der Waals surface area (Å²) in [5.41, 5.74) is 1.25. The minimum Gasteiger partial charge on any atom is -0.380 e. The summed E-state index contributed by atoms with van der Waals surface area (Å²) in [5.74, 6) is -0.916. The van der Waals surface area contributed by atoms with Crippen LogP contribution < -0.4 is 0 Å². The molecule has 0 aromatic heterocycles. The van der Waals surface area contributed by atoms with Crippen LogP contribution in [0.3, 0.4) is 0 Å². The fourth-order valence-electron chi connectivity index (χ4n) is 3.62. The molecular weight excluding hydrogens is 344 g/mol. The summed E-state index contributed by atoms with van der Waals surface area (Å²) in [4.78, 5) is 26.9. The Hall–Kier alpha value is -2.44. The normalized spacial score (nSPS) is 17.6. The third kappa shape index (κ3) is 4.12. The van der Waals surface area contributed by atoms with E-state index in [1.54, 1.807) is 0 Å². The Balaban J connectivity index is 1.62. The maximum absolute atomic E-state index is 12.4. The van der Waals surface area contributed by atoms with Crippen LogP contribution in [-0.4, -0.2) is 71.2 Å². The van der Waals surface area contributed by atoms with Crippen molar-refractivity contribution in [1.29, 1.82) is 0 Å². The number of benzene rings is 2. The van der Waals surface area contributed by atoms with E-state index in [0.29, 0.717) is 19.0 Å². The Labute approximate surface area is 159 Å². The maximum atomic E-state index is 12.4. The summed E-state index contributed by atoms with van der Waals surface area (Å²) in [6.07, 6.45) is -1.88. The van der Waals surface area contributed by atoms with Crippen LogP contribution in [0.15, 0.2) is 42.5 Å². The van der Waals surface area contributed by atoms with Crippen LogP contribution in [0.25, 0.3) is 10.8 Å². The first-order valence-corrected chi connectivity index (χ1v) is 9.23. The Bertz CT molecular complexity index is 828. The van der Waals surface area contributed by atoms with Crippen molar-refractivity contribution in [3.05, 3.63) is 48.0 Å². The molecule has 0 bridgehead atoms. The van der Waals surface area contributed by atoms with Crippen molar-refractivity contribution in [2.45, 2.75) is 31.0 Å². The fraction of sp³-hybridized carbons (Fsp3) is 0.429. The molecule has 6 heteroatoms. The number of nitrogens with zero attached hydrogens (tertiary/aromatic N) is 2. The van der Waals surface area contributed by atoms with E-state index in [1.807, 2.05) is 12.1 Å². The van der Waals surface area contributed by atoms with Crippen LogP contribution in [-0.2, 0) is 9.59 Å². The Morgan fingerprint density at radius 3 is 2.26 bits per heavy atom. The summed E-state index contributed by atoms with van der Waals surface area (Å²) >= 11 is 0. The van der Waals surface area contributed by atoms with Crippen molar-refractivity contribution in [3.8, 4) is 0 Å².